The number of aromatic amines is 1. The number of urea groups is 1. The minimum absolute atomic E-state index is 0.00420. The van der Waals surface area contributed by atoms with Crippen molar-refractivity contribution in [3.8, 4) is 11.3 Å². The molecule has 304 valence electrons. The Morgan fingerprint density at radius 3 is 2.63 bits per heavy atom. The summed E-state index contributed by atoms with van der Waals surface area (Å²) in [6.45, 7) is 13.8. The standard InChI is InChI=1S/C44H49N11O4/c1-26-20-29(4-10-33(26)27(2)47-40(57)41-50-42(51-59-41)44(3)13-14-44)38-37-34-11-9-32(21-35(34)48-39(37)46-25-45-38)53-18-16-52(17-19-53)22-28-23-54(24-28)30-5-7-31(8-6-30)55-15-12-36(56)49-43(55)58/h4-5,7-11,20-21,25,27-28,30H,6,12-19,22-24H2,1-3H3,(H,47,57)(H,45,46,48)(H,49,56,58)/t27-,30?/m1/s1. The number of benzene rings is 2. The summed E-state index contributed by atoms with van der Waals surface area (Å²) in [5.41, 5.74) is 7.73. The summed E-state index contributed by atoms with van der Waals surface area (Å²) in [5, 5.41) is 11.6. The van der Waals surface area contributed by atoms with Crippen molar-refractivity contribution in [3.05, 3.63) is 89.5 Å². The number of anilines is 1. The number of piperazine rings is 1. The van der Waals surface area contributed by atoms with Crippen LogP contribution >= 0.6 is 0 Å². The summed E-state index contributed by atoms with van der Waals surface area (Å²) in [5.74, 6) is 0.673. The molecule has 0 spiro atoms. The molecule has 1 unspecified atom stereocenters. The number of rotatable bonds is 10. The van der Waals surface area contributed by atoms with Gasteiger partial charge in [-0.2, -0.15) is 4.98 Å². The summed E-state index contributed by atoms with van der Waals surface area (Å²) >= 11 is 0. The Morgan fingerprint density at radius 1 is 1.05 bits per heavy atom. The average Bonchev–Trinajstić information content (AvgIpc) is 3.59. The Kier molecular flexibility index (Phi) is 9.31. The van der Waals surface area contributed by atoms with Gasteiger partial charge < -0.3 is 19.7 Å². The van der Waals surface area contributed by atoms with Crippen molar-refractivity contribution in [2.45, 2.75) is 64.0 Å². The maximum absolute atomic E-state index is 13.0. The van der Waals surface area contributed by atoms with E-state index in [2.05, 4.69) is 102 Å². The van der Waals surface area contributed by atoms with E-state index >= 15 is 0 Å². The molecule has 59 heavy (non-hydrogen) atoms. The van der Waals surface area contributed by atoms with Crippen LogP contribution in [0, 0.1) is 12.8 Å². The molecule has 6 heterocycles. The number of carbonyl (C=O) groups excluding carboxylic acids is 3. The predicted molar refractivity (Wildman–Crippen MR) is 223 cm³/mol. The summed E-state index contributed by atoms with van der Waals surface area (Å²) in [7, 11) is 0. The van der Waals surface area contributed by atoms with Crippen LogP contribution in [0.5, 0.6) is 0 Å². The number of aryl methyl sites for hydroxylation is 1. The Bertz CT molecular complexity index is 2540. The minimum Gasteiger partial charge on any atom is -0.369 e. The summed E-state index contributed by atoms with van der Waals surface area (Å²) in [6.07, 6.45) is 11.2. The fourth-order valence-electron chi connectivity index (χ4n) is 9.18. The normalized spacial score (nSPS) is 21.7. The van der Waals surface area contributed by atoms with Gasteiger partial charge in [0.05, 0.1) is 17.1 Å². The van der Waals surface area contributed by atoms with Crippen molar-refractivity contribution in [1.82, 2.24) is 50.4 Å². The van der Waals surface area contributed by atoms with E-state index in [0.29, 0.717) is 30.7 Å². The number of carbonyl (C=O) groups is 3. The fourth-order valence-corrected chi connectivity index (χ4v) is 9.18. The van der Waals surface area contributed by atoms with Gasteiger partial charge in [0, 0.05) is 98.1 Å². The Balaban J connectivity index is 0.743. The minimum atomic E-state index is -0.377. The van der Waals surface area contributed by atoms with Gasteiger partial charge in [-0.25, -0.2) is 14.8 Å². The molecule has 2 atom stereocenters. The van der Waals surface area contributed by atoms with E-state index in [9.17, 15) is 14.4 Å². The SMILES string of the molecule is Cc1cc(-c2ncnc3[nH]c4cc(N5CCN(CC6CN(C7C=CC(N8CCC(=O)NC8=O)=CC7)C6)CC5)ccc4c23)ccc1[C@@H](C)NC(=O)c1nc(C2(C)CC2)no1. The number of likely N-dealkylation sites (tertiary alicyclic amines) is 1. The smallest absolute Gasteiger partial charge is 0.328 e. The lowest BCUT2D eigenvalue weighted by atomic mass is 9.93. The maximum atomic E-state index is 13.0. The highest BCUT2D eigenvalue weighted by Crippen LogP contribution is 2.46. The molecule has 10 rings (SSSR count). The number of H-pyrrole nitrogens is 1. The molecule has 0 radical (unpaired) electrons. The predicted octanol–water partition coefficient (Wildman–Crippen LogP) is 5.22. The van der Waals surface area contributed by atoms with Gasteiger partial charge >= 0.3 is 17.8 Å². The van der Waals surface area contributed by atoms with Gasteiger partial charge in [0.25, 0.3) is 0 Å². The molecule has 5 aliphatic rings. The lowest BCUT2D eigenvalue weighted by Gasteiger charge is -2.47. The van der Waals surface area contributed by atoms with Gasteiger partial charge in [0.15, 0.2) is 5.82 Å². The number of hydrogen-bond donors (Lipinski definition) is 3. The van der Waals surface area contributed by atoms with E-state index in [4.69, 9.17) is 9.51 Å². The second kappa shape index (κ2) is 14.7. The van der Waals surface area contributed by atoms with Crippen LogP contribution in [0.2, 0.25) is 0 Å². The topological polar surface area (TPSA) is 169 Å². The summed E-state index contributed by atoms with van der Waals surface area (Å²) < 4.78 is 5.29. The van der Waals surface area contributed by atoms with E-state index in [0.717, 1.165) is 115 Å². The number of fused-ring (bicyclic) bond motifs is 3. The first-order valence-corrected chi connectivity index (χ1v) is 20.8. The van der Waals surface area contributed by atoms with Crippen molar-refractivity contribution in [3.63, 3.8) is 0 Å². The Labute approximate surface area is 341 Å². The highest BCUT2D eigenvalue weighted by Gasteiger charge is 2.44. The molecule has 4 fully saturated rings. The van der Waals surface area contributed by atoms with E-state index in [1.807, 2.05) is 19.1 Å². The molecule has 4 amide bonds. The highest BCUT2D eigenvalue weighted by molar-refractivity contribution is 6.12. The molecule has 2 aliphatic carbocycles. The monoisotopic (exact) mass is 795 g/mol. The Hall–Kier alpha value is -5.93. The third kappa shape index (κ3) is 7.16. The molecule has 2 aromatic carbocycles. The van der Waals surface area contributed by atoms with Gasteiger partial charge in [-0.15, -0.1) is 0 Å². The molecule has 15 heteroatoms. The second-order valence-corrected chi connectivity index (χ2v) is 17.2. The average molecular weight is 796 g/mol. The molecule has 15 nitrogen and oxygen atoms in total. The quantitative estimate of drug-likeness (QED) is 0.170. The summed E-state index contributed by atoms with van der Waals surface area (Å²) in [6, 6.07) is 12.6. The first-order chi connectivity index (χ1) is 28.6. The zero-order chi connectivity index (χ0) is 40.4. The van der Waals surface area contributed by atoms with Gasteiger partial charge in [0.1, 0.15) is 12.0 Å². The van der Waals surface area contributed by atoms with Crippen molar-refractivity contribution in [1.29, 1.82) is 0 Å². The summed E-state index contributed by atoms with van der Waals surface area (Å²) in [4.78, 5) is 63.3. The number of hydrogen-bond acceptors (Lipinski definition) is 11. The van der Waals surface area contributed by atoms with E-state index in [-0.39, 0.29) is 35.2 Å². The number of imide groups is 1. The first-order valence-electron chi connectivity index (χ1n) is 20.8. The third-order valence-electron chi connectivity index (χ3n) is 13.0. The van der Waals surface area contributed by atoms with Crippen LogP contribution in [0.15, 0.2) is 71.2 Å². The number of allylic oxidation sites excluding steroid dienone is 1. The van der Waals surface area contributed by atoms with Crippen LogP contribution in [-0.2, 0) is 10.2 Å². The van der Waals surface area contributed by atoms with Gasteiger partial charge in [-0.1, -0.05) is 42.4 Å². The lowest BCUT2D eigenvalue weighted by Crippen LogP contribution is -2.57. The molecular weight excluding hydrogens is 747 g/mol. The van der Waals surface area contributed by atoms with E-state index in [1.54, 1.807) is 11.2 Å². The first kappa shape index (κ1) is 37.3. The lowest BCUT2D eigenvalue weighted by molar-refractivity contribution is -0.121. The van der Waals surface area contributed by atoms with Crippen molar-refractivity contribution in [2.24, 2.45) is 5.92 Å². The number of nitrogens with one attached hydrogen (secondary N) is 3. The Morgan fingerprint density at radius 2 is 1.88 bits per heavy atom. The van der Waals surface area contributed by atoms with Crippen molar-refractivity contribution < 1.29 is 18.9 Å². The zero-order valence-electron chi connectivity index (χ0n) is 33.7. The second-order valence-electron chi connectivity index (χ2n) is 17.2. The van der Waals surface area contributed by atoms with E-state index < -0.39 is 0 Å². The van der Waals surface area contributed by atoms with E-state index in [1.165, 1.54) is 5.69 Å². The van der Waals surface area contributed by atoms with Crippen LogP contribution in [-0.4, -0.2) is 116 Å². The molecular formula is C44H49N11O4. The molecule has 5 aromatic rings. The van der Waals surface area contributed by atoms with Crippen LogP contribution in [0.1, 0.15) is 73.2 Å². The van der Waals surface area contributed by atoms with Crippen LogP contribution in [0.3, 0.4) is 0 Å². The fraction of sp³-hybridized carbons (Fsp3) is 0.432. The number of aromatic nitrogens is 5. The zero-order valence-corrected chi connectivity index (χ0v) is 33.7. The van der Waals surface area contributed by atoms with Gasteiger partial charge in [0.2, 0.25) is 5.91 Å². The molecule has 1 saturated carbocycles. The third-order valence-corrected chi connectivity index (χ3v) is 13.0. The molecule has 3 saturated heterocycles. The largest absolute Gasteiger partial charge is 0.369 e. The molecule has 3 N–H and O–H groups in total. The van der Waals surface area contributed by atoms with Crippen LogP contribution in [0.25, 0.3) is 33.2 Å². The van der Waals surface area contributed by atoms with Crippen LogP contribution in [0.4, 0.5) is 10.5 Å². The van der Waals surface area contributed by atoms with Crippen molar-refractivity contribution in [2.75, 3.05) is 57.3 Å². The molecule has 3 aliphatic heterocycles. The maximum Gasteiger partial charge on any atom is 0.328 e. The number of nitrogens with zero attached hydrogens (tertiary/aromatic N) is 8. The highest BCUT2D eigenvalue weighted by atomic mass is 16.5. The van der Waals surface area contributed by atoms with Gasteiger partial charge in [-0.05, 0) is 74.4 Å². The van der Waals surface area contributed by atoms with Gasteiger partial charge in [-0.3, -0.25) is 29.6 Å². The molecule has 3 aromatic heterocycles. The van der Waals surface area contributed by atoms with Crippen LogP contribution < -0.4 is 15.5 Å². The van der Waals surface area contributed by atoms with Crippen molar-refractivity contribution >= 4 is 45.5 Å². The number of amides is 4. The molecule has 0 bridgehead atoms.